The van der Waals surface area contributed by atoms with Gasteiger partial charge in [-0.1, -0.05) is 13.8 Å². The first-order valence-electron chi connectivity index (χ1n) is 7.05. The Labute approximate surface area is 128 Å². The van der Waals surface area contributed by atoms with Gasteiger partial charge in [0.15, 0.2) is 0 Å². The summed E-state index contributed by atoms with van der Waals surface area (Å²) in [6.07, 6.45) is 2.06. The Hall–Kier alpha value is -1.47. The summed E-state index contributed by atoms with van der Waals surface area (Å²) in [5, 5.41) is 15.6. The number of carboxylic acid groups (broad SMARTS) is 1. The van der Waals surface area contributed by atoms with E-state index in [0.717, 1.165) is 37.5 Å². The summed E-state index contributed by atoms with van der Waals surface area (Å²) in [7, 11) is 0. The van der Waals surface area contributed by atoms with Crippen molar-refractivity contribution < 1.29 is 14.7 Å². The van der Waals surface area contributed by atoms with Gasteiger partial charge >= 0.3 is 5.97 Å². The van der Waals surface area contributed by atoms with Crippen molar-refractivity contribution in [1.29, 1.82) is 0 Å². The van der Waals surface area contributed by atoms with Crippen molar-refractivity contribution in [3.05, 3.63) is 11.3 Å². The number of aromatic carboxylic acids is 1. The van der Waals surface area contributed by atoms with Gasteiger partial charge in [-0.15, -0.1) is 0 Å². The number of rotatable bonds is 4. The largest absolute Gasteiger partial charge is 0.478 e. The normalized spacial score (nSPS) is 19.3. The average molecular weight is 311 g/mol. The molecule has 21 heavy (non-hydrogen) atoms. The van der Waals surface area contributed by atoms with Crippen LogP contribution in [0.4, 0.5) is 5.00 Å². The number of nitrogens with zero attached hydrogens (tertiary/aromatic N) is 1. The van der Waals surface area contributed by atoms with Crippen LogP contribution in [0.25, 0.3) is 0 Å². The summed E-state index contributed by atoms with van der Waals surface area (Å²) in [5.41, 5.74) is -0.0352. The SMILES string of the molecule is Cc1nsc(NC(=O)C(C)(C)C2CCCNC2)c1C(=O)O. The van der Waals surface area contributed by atoms with E-state index in [2.05, 4.69) is 15.0 Å². The number of carbonyl (C=O) groups is 2. The van der Waals surface area contributed by atoms with Crippen LogP contribution >= 0.6 is 11.5 Å². The van der Waals surface area contributed by atoms with Crippen molar-refractivity contribution in [2.45, 2.75) is 33.6 Å². The third kappa shape index (κ3) is 3.24. The second-order valence-corrected chi connectivity index (χ2v) is 6.77. The Bertz CT molecular complexity index is 548. The maximum atomic E-state index is 12.6. The van der Waals surface area contributed by atoms with Gasteiger partial charge in [0, 0.05) is 5.41 Å². The quantitative estimate of drug-likeness (QED) is 0.792. The molecule has 0 saturated carbocycles. The molecule has 1 amide bonds. The van der Waals surface area contributed by atoms with E-state index in [0.29, 0.717) is 10.7 Å². The van der Waals surface area contributed by atoms with E-state index in [1.54, 1.807) is 6.92 Å². The van der Waals surface area contributed by atoms with E-state index in [1.807, 2.05) is 13.8 Å². The van der Waals surface area contributed by atoms with Crippen LogP contribution in [-0.4, -0.2) is 34.4 Å². The van der Waals surface area contributed by atoms with Crippen molar-refractivity contribution in [1.82, 2.24) is 9.69 Å². The van der Waals surface area contributed by atoms with E-state index in [4.69, 9.17) is 0 Å². The smallest absolute Gasteiger partial charge is 0.340 e. The van der Waals surface area contributed by atoms with Crippen molar-refractivity contribution in [2.75, 3.05) is 18.4 Å². The minimum Gasteiger partial charge on any atom is -0.478 e. The van der Waals surface area contributed by atoms with Crippen LogP contribution in [0.15, 0.2) is 0 Å². The molecule has 1 aliphatic heterocycles. The van der Waals surface area contributed by atoms with Gasteiger partial charge in [-0.05, 0) is 50.3 Å². The van der Waals surface area contributed by atoms with Gasteiger partial charge in [-0.2, -0.15) is 4.37 Å². The van der Waals surface area contributed by atoms with Crippen LogP contribution in [0.2, 0.25) is 0 Å². The van der Waals surface area contributed by atoms with Crippen molar-refractivity contribution in [3.63, 3.8) is 0 Å². The monoisotopic (exact) mass is 311 g/mol. The molecule has 0 aromatic carbocycles. The Morgan fingerprint density at radius 1 is 1.48 bits per heavy atom. The third-order valence-electron chi connectivity index (χ3n) is 4.21. The molecule has 1 saturated heterocycles. The molecule has 1 aromatic rings. The molecular formula is C14H21N3O3S. The molecule has 2 heterocycles. The average Bonchev–Trinajstić information content (AvgIpc) is 2.80. The number of anilines is 1. The Kier molecular flexibility index (Phi) is 4.63. The van der Waals surface area contributed by atoms with Crippen LogP contribution < -0.4 is 10.6 Å². The van der Waals surface area contributed by atoms with E-state index in [-0.39, 0.29) is 17.4 Å². The fourth-order valence-electron chi connectivity index (χ4n) is 2.62. The molecular weight excluding hydrogens is 290 g/mol. The lowest BCUT2D eigenvalue weighted by atomic mass is 9.74. The van der Waals surface area contributed by atoms with Gasteiger partial charge in [0.25, 0.3) is 0 Å². The van der Waals surface area contributed by atoms with Crippen LogP contribution in [0, 0.1) is 18.3 Å². The van der Waals surface area contributed by atoms with E-state index < -0.39 is 11.4 Å². The predicted molar refractivity (Wildman–Crippen MR) is 81.8 cm³/mol. The highest BCUT2D eigenvalue weighted by Gasteiger charge is 2.38. The number of carboxylic acids is 1. The minimum absolute atomic E-state index is 0.0888. The van der Waals surface area contributed by atoms with Crippen molar-refractivity contribution in [2.24, 2.45) is 11.3 Å². The highest BCUT2D eigenvalue weighted by molar-refractivity contribution is 7.11. The molecule has 0 aliphatic carbocycles. The lowest BCUT2D eigenvalue weighted by molar-refractivity contribution is -0.127. The molecule has 0 radical (unpaired) electrons. The topological polar surface area (TPSA) is 91.3 Å². The van der Waals surface area contributed by atoms with E-state index in [1.165, 1.54) is 0 Å². The molecule has 3 N–H and O–H groups in total. The summed E-state index contributed by atoms with van der Waals surface area (Å²) in [6.45, 7) is 7.26. The Morgan fingerprint density at radius 2 is 2.19 bits per heavy atom. The zero-order valence-electron chi connectivity index (χ0n) is 12.5. The van der Waals surface area contributed by atoms with Gasteiger partial charge in [-0.3, -0.25) is 4.79 Å². The Balaban J connectivity index is 2.15. The summed E-state index contributed by atoms with van der Waals surface area (Å²) in [4.78, 5) is 23.8. The third-order valence-corrected chi connectivity index (χ3v) is 5.06. The van der Waals surface area contributed by atoms with Crippen LogP contribution in [0.5, 0.6) is 0 Å². The second kappa shape index (κ2) is 6.11. The fraction of sp³-hybridized carbons (Fsp3) is 0.643. The molecule has 1 fully saturated rings. The molecule has 0 bridgehead atoms. The first kappa shape index (κ1) is 15.9. The van der Waals surface area contributed by atoms with E-state index >= 15 is 0 Å². The first-order valence-corrected chi connectivity index (χ1v) is 7.83. The van der Waals surface area contributed by atoms with Crippen molar-refractivity contribution in [3.8, 4) is 0 Å². The number of nitrogens with one attached hydrogen (secondary N) is 2. The predicted octanol–water partition coefficient (Wildman–Crippen LogP) is 2.11. The number of hydrogen-bond donors (Lipinski definition) is 3. The van der Waals surface area contributed by atoms with Gasteiger partial charge < -0.3 is 15.7 Å². The van der Waals surface area contributed by atoms with Gasteiger partial charge in [0.2, 0.25) is 5.91 Å². The summed E-state index contributed by atoms with van der Waals surface area (Å²) >= 11 is 1.02. The highest BCUT2D eigenvalue weighted by atomic mass is 32.1. The highest BCUT2D eigenvalue weighted by Crippen LogP contribution is 2.34. The summed E-state index contributed by atoms with van der Waals surface area (Å²) < 4.78 is 4.02. The molecule has 0 spiro atoms. The number of carbonyl (C=O) groups excluding carboxylic acids is 1. The minimum atomic E-state index is -1.06. The Morgan fingerprint density at radius 3 is 2.76 bits per heavy atom. The van der Waals surface area contributed by atoms with Gasteiger partial charge in [-0.25, -0.2) is 4.79 Å². The van der Waals surface area contributed by atoms with Crippen LogP contribution in [0.1, 0.15) is 42.7 Å². The lowest BCUT2D eigenvalue weighted by Gasteiger charge is -2.35. The molecule has 116 valence electrons. The number of aryl methyl sites for hydroxylation is 1. The maximum absolute atomic E-state index is 12.6. The van der Waals surface area contributed by atoms with Gasteiger partial charge in [0.05, 0.1) is 5.69 Å². The fourth-order valence-corrected chi connectivity index (χ4v) is 3.41. The number of amides is 1. The molecule has 1 aliphatic rings. The lowest BCUT2D eigenvalue weighted by Crippen LogP contribution is -2.44. The standard InChI is InChI=1S/C14H21N3O3S/c1-8-10(12(18)19)11(21-17-8)16-13(20)14(2,3)9-5-4-6-15-7-9/h9,15H,4-7H2,1-3H3,(H,16,20)(H,18,19). The zero-order chi connectivity index (χ0) is 15.6. The maximum Gasteiger partial charge on any atom is 0.340 e. The number of piperidine rings is 1. The van der Waals surface area contributed by atoms with E-state index in [9.17, 15) is 14.7 Å². The molecule has 1 unspecified atom stereocenters. The van der Waals surface area contributed by atoms with Gasteiger partial charge in [0.1, 0.15) is 10.6 Å². The first-order chi connectivity index (χ1) is 9.84. The second-order valence-electron chi connectivity index (χ2n) is 6.00. The molecule has 1 aromatic heterocycles. The van der Waals surface area contributed by atoms with Crippen LogP contribution in [0.3, 0.4) is 0 Å². The number of aromatic nitrogens is 1. The van der Waals surface area contributed by atoms with Crippen LogP contribution in [-0.2, 0) is 4.79 Å². The molecule has 1 atom stereocenters. The molecule has 6 nitrogen and oxygen atoms in total. The molecule has 7 heteroatoms. The summed E-state index contributed by atoms with van der Waals surface area (Å²) in [5.74, 6) is -0.968. The number of hydrogen-bond acceptors (Lipinski definition) is 5. The zero-order valence-corrected chi connectivity index (χ0v) is 13.3. The molecule has 2 rings (SSSR count). The van der Waals surface area contributed by atoms with Crippen molar-refractivity contribution >= 4 is 28.4 Å². The summed E-state index contributed by atoms with van der Waals surface area (Å²) in [6, 6.07) is 0.